The van der Waals surface area contributed by atoms with Crippen LogP contribution in [0, 0.1) is 29.8 Å². The second-order valence-electron chi connectivity index (χ2n) is 9.86. The van der Waals surface area contributed by atoms with Gasteiger partial charge in [-0.3, -0.25) is 9.69 Å². The van der Waals surface area contributed by atoms with Crippen LogP contribution in [0.25, 0.3) is 15.9 Å². The number of anilines is 1. The zero-order valence-corrected chi connectivity index (χ0v) is 21.5. The van der Waals surface area contributed by atoms with Crippen LogP contribution in [-0.2, 0) is 7.05 Å². The van der Waals surface area contributed by atoms with Crippen molar-refractivity contribution in [2.24, 2.45) is 7.05 Å². The first kappa shape index (κ1) is 26.4. The van der Waals surface area contributed by atoms with Crippen LogP contribution in [0.5, 0.6) is 0 Å². The summed E-state index contributed by atoms with van der Waals surface area (Å²) >= 11 is 0. The van der Waals surface area contributed by atoms with Crippen molar-refractivity contribution >= 4 is 22.5 Å². The maximum Gasteiger partial charge on any atom is 0.270 e. The van der Waals surface area contributed by atoms with Crippen LogP contribution >= 0.6 is 0 Å². The predicted octanol–water partition coefficient (Wildman–Crippen LogP) is 5.73. The molecular weight excluding hydrogens is 510 g/mol. The van der Waals surface area contributed by atoms with E-state index in [0.717, 1.165) is 0 Å². The van der Waals surface area contributed by atoms with Gasteiger partial charge in [0.2, 0.25) is 5.52 Å². The average molecular weight is 536 g/mol. The normalized spacial score (nSPS) is 18.8. The van der Waals surface area contributed by atoms with Gasteiger partial charge in [-0.25, -0.2) is 17.6 Å². The van der Waals surface area contributed by atoms with Crippen LogP contribution in [0.3, 0.4) is 0 Å². The molecule has 1 fully saturated rings. The lowest BCUT2D eigenvalue weighted by Crippen LogP contribution is -2.58. The van der Waals surface area contributed by atoms with Gasteiger partial charge in [0.25, 0.3) is 11.4 Å². The summed E-state index contributed by atoms with van der Waals surface area (Å²) in [6.45, 7) is 11.8. The van der Waals surface area contributed by atoms with E-state index < -0.39 is 29.3 Å². The van der Waals surface area contributed by atoms with Crippen LogP contribution in [-0.4, -0.2) is 39.6 Å². The van der Waals surface area contributed by atoms with Gasteiger partial charge >= 0.3 is 0 Å². The van der Waals surface area contributed by atoms with E-state index in [1.807, 2.05) is 23.6 Å². The number of halogens is 4. The first-order valence-corrected chi connectivity index (χ1v) is 12.4. The zero-order chi connectivity index (χ0) is 28.0. The standard InChI is InChI=1S/C29H25F4N5O/c1-16-15-38(29(18-5-7-19(30)8-6-18)27-21(32)11-20(31)12-22(27)33)17(2)14-37(16)24-13-26(39)36(4)23-9-10-25(34-3)35-28(23)24/h5-13,16-17,29H,14-15H2,1-2,4H3/t16-,17+,29?/m0/s1. The molecule has 1 unspecified atom stereocenters. The van der Waals surface area contributed by atoms with Gasteiger partial charge in [-0.2, -0.15) is 0 Å². The lowest BCUT2D eigenvalue weighted by atomic mass is 9.92. The number of benzene rings is 2. The Bertz CT molecular complexity index is 1640. The van der Waals surface area contributed by atoms with Crippen molar-refractivity contribution < 1.29 is 17.6 Å². The summed E-state index contributed by atoms with van der Waals surface area (Å²) in [5, 5.41) is 0. The van der Waals surface area contributed by atoms with Crippen LogP contribution in [0.1, 0.15) is 31.0 Å². The van der Waals surface area contributed by atoms with Gasteiger partial charge < -0.3 is 14.3 Å². The molecule has 6 nitrogen and oxygen atoms in total. The fourth-order valence-electron chi connectivity index (χ4n) is 5.42. The summed E-state index contributed by atoms with van der Waals surface area (Å²) in [5.41, 5.74) is 1.54. The monoisotopic (exact) mass is 535 g/mol. The molecule has 10 heteroatoms. The molecule has 1 saturated heterocycles. The van der Waals surface area contributed by atoms with Gasteiger partial charge in [0.05, 0.1) is 17.2 Å². The number of piperazine rings is 1. The van der Waals surface area contributed by atoms with Crippen molar-refractivity contribution in [3.63, 3.8) is 0 Å². The highest BCUT2D eigenvalue weighted by Gasteiger charge is 2.38. The third-order valence-electron chi connectivity index (χ3n) is 7.35. The molecule has 0 spiro atoms. The number of fused-ring (bicyclic) bond motifs is 1. The first-order chi connectivity index (χ1) is 18.6. The quantitative estimate of drug-likeness (QED) is 0.247. The van der Waals surface area contributed by atoms with Gasteiger partial charge in [0.15, 0.2) is 0 Å². The highest BCUT2D eigenvalue weighted by atomic mass is 19.1. The third kappa shape index (κ3) is 4.74. The lowest BCUT2D eigenvalue weighted by Gasteiger charge is -2.48. The average Bonchev–Trinajstić information content (AvgIpc) is 2.90. The Morgan fingerprint density at radius 2 is 1.59 bits per heavy atom. The number of hydrogen-bond donors (Lipinski definition) is 0. The Balaban J connectivity index is 1.59. The van der Waals surface area contributed by atoms with Crippen molar-refractivity contribution in [1.82, 2.24) is 14.5 Å². The maximum absolute atomic E-state index is 15.1. The molecule has 0 saturated carbocycles. The van der Waals surface area contributed by atoms with E-state index in [1.165, 1.54) is 34.9 Å². The van der Waals surface area contributed by atoms with E-state index in [4.69, 9.17) is 6.57 Å². The van der Waals surface area contributed by atoms with E-state index in [0.29, 0.717) is 47.5 Å². The van der Waals surface area contributed by atoms with Crippen molar-refractivity contribution in [3.05, 3.63) is 111 Å². The van der Waals surface area contributed by atoms with Crippen LogP contribution in [0.4, 0.5) is 29.1 Å². The molecule has 0 aliphatic carbocycles. The summed E-state index contributed by atoms with van der Waals surface area (Å²) in [4.78, 5) is 24.6. The summed E-state index contributed by atoms with van der Waals surface area (Å²) in [7, 11) is 1.64. The molecule has 3 atom stereocenters. The molecule has 39 heavy (non-hydrogen) atoms. The first-order valence-electron chi connectivity index (χ1n) is 12.4. The lowest BCUT2D eigenvalue weighted by molar-refractivity contribution is 0.125. The second kappa shape index (κ2) is 10.2. The fourth-order valence-corrected chi connectivity index (χ4v) is 5.42. The molecule has 5 rings (SSSR count). The van der Waals surface area contributed by atoms with Gasteiger partial charge in [-0.15, -0.1) is 4.98 Å². The molecule has 1 aliphatic heterocycles. The summed E-state index contributed by atoms with van der Waals surface area (Å²) < 4.78 is 59.2. The van der Waals surface area contributed by atoms with Crippen molar-refractivity contribution in [3.8, 4) is 0 Å². The van der Waals surface area contributed by atoms with E-state index in [2.05, 4.69) is 9.83 Å². The van der Waals surface area contributed by atoms with Crippen molar-refractivity contribution in [2.75, 3.05) is 18.0 Å². The molecule has 200 valence electrons. The number of aryl methyl sites for hydroxylation is 1. The molecule has 3 heterocycles. The Hall–Kier alpha value is -4.23. The Morgan fingerprint density at radius 1 is 0.923 bits per heavy atom. The minimum absolute atomic E-state index is 0.195. The molecule has 2 aromatic heterocycles. The predicted molar refractivity (Wildman–Crippen MR) is 141 cm³/mol. The topological polar surface area (TPSA) is 45.7 Å². The smallest absolute Gasteiger partial charge is 0.270 e. The Labute approximate surface area is 222 Å². The maximum atomic E-state index is 15.1. The molecule has 4 aromatic rings. The number of hydrogen-bond acceptors (Lipinski definition) is 4. The van der Waals surface area contributed by atoms with Gasteiger partial charge in [-0.05, 0) is 43.7 Å². The highest BCUT2D eigenvalue weighted by molar-refractivity contribution is 5.89. The Kier molecular flexibility index (Phi) is 6.87. The van der Waals surface area contributed by atoms with Gasteiger partial charge in [-0.1, -0.05) is 18.7 Å². The summed E-state index contributed by atoms with van der Waals surface area (Å²) in [6, 6.07) is 9.86. The molecule has 0 amide bonds. The van der Waals surface area contributed by atoms with Crippen LogP contribution in [0.15, 0.2) is 59.4 Å². The largest absolute Gasteiger partial charge is 0.362 e. The molecular formula is C29H25F4N5O. The van der Waals surface area contributed by atoms with Crippen molar-refractivity contribution in [1.29, 1.82) is 0 Å². The van der Waals surface area contributed by atoms with E-state index >= 15 is 8.78 Å². The minimum Gasteiger partial charge on any atom is -0.362 e. The minimum atomic E-state index is -1.03. The zero-order valence-electron chi connectivity index (χ0n) is 21.5. The van der Waals surface area contributed by atoms with Crippen molar-refractivity contribution in [2.45, 2.75) is 32.0 Å². The third-order valence-corrected chi connectivity index (χ3v) is 7.35. The van der Waals surface area contributed by atoms with Gasteiger partial charge in [0.1, 0.15) is 23.3 Å². The highest BCUT2D eigenvalue weighted by Crippen LogP contribution is 2.38. The van der Waals surface area contributed by atoms with E-state index in [-0.39, 0.29) is 29.0 Å². The van der Waals surface area contributed by atoms with Gasteiger partial charge in [0, 0.05) is 56.0 Å². The molecule has 2 aromatic carbocycles. The van der Waals surface area contributed by atoms with Crippen LogP contribution in [0.2, 0.25) is 0 Å². The number of pyridine rings is 2. The van der Waals surface area contributed by atoms with E-state index in [1.54, 1.807) is 19.2 Å². The SMILES string of the molecule is [C-]#[N+]c1ccc2c(n1)c(N1C[C@@H](C)N(C(c3ccc(F)cc3)c3c(F)cc(F)cc3F)C[C@@H]1C)cc(=O)n2C. The van der Waals surface area contributed by atoms with Crippen LogP contribution < -0.4 is 10.5 Å². The number of nitrogens with zero attached hydrogens (tertiary/aromatic N) is 5. The number of aromatic nitrogens is 2. The second-order valence-corrected chi connectivity index (χ2v) is 9.86. The summed E-state index contributed by atoms with van der Waals surface area (Å²) in [5.74, 6) is -3.38. The summed E-state index contributed by atoms with van der Waals surface area (Å²) in [6.07, 6.45) is 0. The molecule has 0 N–H and O–H groups in total. The van der Waals surface area contributed by atoms with E-state index in [9.17, 15) is 13.6 Å². The molecule has 0 radical (unpaired) electrons. The molecule has 1 aliphatic rings. The number of rotatable bonds is 4. The Morgan fingerprint density at radius 3 is 2.23 bits per heavy atom. The fraction of sp³-hybridized carbons (Fsp3) is 0.276. The molecule has 0 bridgehead atoms.